The third kappa shape index (κ3) is 8.84. The second-order valence-corrected chi connectivity index (χ2v) is 7.79. The van der Waals surface area contributed by atoms with E-state index in [2.05, 4.69) is 15.5 Å². The van der Waals surface area contributed by atoms with Crippen LogP contribution in [0.1, 0.15) is 44.0 Å². The summed E-state index contributed by atoms with van der Waals surface area (Å²) in [7, 11) is 0. The van der Waals surface area contributed by atoms with Gasteiger partial charge < -0.3 is 25.6 Å². The highest BCUT2D eigenvalue weighted by atomic mass is 16.5. The van der Waals surface area contributed by atoms with E-state index in [4.69, 9.17) is 20.2 Å². The standard InChI is InChI=1S/C20H27N5O3.C2H4O2/c1-14(26)25-12-16(7-8-17(21)13-25)20(27)22-10-9-19-23-18(24-28-19)11-15-5-3-2-4-6-15;1-2(3)4/h2-6,16-17H,7-13,21H2,1H3,(H,22,27);1H3,(H,3,4)/t16-,17+;/m1./s1. The molecule has 1 aliphatic heterocycles. The van der Waals surface area contributed by atoms with Gasteiger partial charge in [-0.2, -0.15) is 4.98 Å². The first-order chi connectivity index (χ1) is 15.2. The van der Waals surface area contributed by atoms with Gasteiger partial charge in [-0.15, -0.1) is 0 Å². The summed E-state index contributed by atoms with van der Waals surface area (Å²) in [5.74, 6) is -0.0630. The van der Waals surface area contributed by atoms with E-state index >= 15 is 0 Å². The van der Waals surface area contributed by atoms with E-state index in [9.17, 15) is 9.59 Å². The lowest BCUT2D eigenvalue weighted by molar-refractivity contribution is -0.134. The summed E-state index contributed by atoms with van der Waals surface area (Å²) in [5.41, 5.74) is 7.12. The fourth-order valence-electron chi connectivity index (χ4n) is 3.37. The molecule has 2 amide bonds. The number of carbonyl (C=O) groups is 3. The Hall–Kier alpha value is -3.27. The Balaban J connectivity index is 0.000000837. The minimum absolute atomic E-state index is 0.0491. The zero-order chi connectivity index (χ0) is 23.5. The Kier molecular flexibility index (Phi) is 9.80. The maximum atomic E-state index is 12.5. The van der Waals surface area contributed by atoms with Crippen molar-refractivity contribution in [3.63, 3.8) is 0 Å². The zero-order valence-corrected chi connectivity index (χ0v) is 18.5. The van der Waals surface area contributed by atoms with Gasteiger partial charge in [0.2, 0.25) is 17.7 Å². The van der Waals surface area contributed by atoms with Crippen molar-refractivity contribution in [2.45, 2.75) is 45.6 Å². The largest absolute Gasteiger partial charge is 0.481 e. The number of aromatic nitrogens is 2. The van der Waals surface area contributed by atoms with Crippen molar-refractivity contribution in [2.24, 2.45) is 11.7 Å². The minimum Gasteiger partial charge on any atom is -0.481 e. The molecule has 1 saturated heterocycles. The SMILES string of the molecule is CC(=O)N1C[C@@H](N)CC[C@@H](C(=O)NCCc2nc(Cc3ccccc3)no2)C1.CC(=O)O. The number of carboxylic acid groups (broad SMARTS) is 1. The van der Waals surface area contributed by atoms with E-state index < -0.39 is 5.97 Å². The summed E-state index contributed by atoms with van der Waals surface area (Å²) >= 11 is 0. The zero-order valence-electron chi connectivity index (χ0n) is 18.5. The second-order valence-electron chi connectivity index (χ2n) is 7.79. The predicted molar refractivity (Wildman–Crippen MR) is 117 cm³/mol. The molecule has 174 valence electrons. The molecule has 10 nitrogen and oxygen atoms in total. The highest BCUT2D eigenvalue weighted by molar-refractivity contribution is 5.80. The van der Waals surface area contributed by atoms with Crippen molar-refractivity contribution in [1.82, 2.24) is 20.4 Å². The fourth-order valence-corrected chi connectivity index (χ4v) is 3.37. The number of nitrogens with zero attached hydrogens (tertiary/aromatic N) is 3. The van der Waals surface area contributed by atoms with Crippen LogP contribution in [-0.2, 0) is 27.2 Å². The topological polar surface area (TPSA) is 152 Å². The summed E-state index contributed by atoms with van der Waals surface area (Å²) in [5, 5.41) is 14.3. The van der Waals surface area contributed by atoms with Gasteiger partial charge in [0.15, 0.2) is 5.82 Å². The number of amides is 2. The first kappa shape index (κ1) is 25.0. The Morgan fingerprint density at radius 3 is 2.53 bits per heavy atom. The van der Waals surface area contributed by atoms with Crippen molar-refractivity contribution >= 4 is 17.8 Å². The van der Waals surface area contributed by atoms with Crippen LogP contribution in [0.5, 0.6) is 0 Å². The molecule has 2 atom stereocenters. The molecule has 1 aromatic heterocycles. The van der Waals surface area contributed by atoms with Crippen molar-refractivity contribution in [1.29, 1.82) is 0 Å². The van der Waals surface area contributed by atoms with E-state index in [1.807, 2.05) is 30.3 Å². The monoisotopic (exact) mass is 445 g/mol. The lowest BCUT2D eigenvalue weighted by Crippen LogP contribution is -2.42. The molecule has 1 aliphatic rings. The van der Waals surface area contributed by atoms with E-state index in [1.54, 1.807) is 4.90 Å². The van der Waals surface area contributed by atoms with Crippen LogP contribution >= 0.6 is 0 Å². The third-order valence-electron chi connectivity index (χ3n) is 4.95. The lowest BCUT2D eigenvalue weighted by atomic mass is 10.0. The quantitative estimate of drug-likeness (QED) is 0.595. The van der Waals surface area contributed by atoms with Crippen LogP contribution in [-0.4, -0.2) is 63.6 Å². The molecule has 4 N–H and O–H groups in total. The Labute approximate surface area is 187 Å². The van der Waals surface area contributed by atoms with Gasteiger partial charge in [-0.1, -0.05) is 35.5 Å². The van der Waals surface area contributed by atoms with Crippen LogP contribution in [0, 0.1) is 5.92 Å². The average molecular weight is 446 g/mol. The molecule has 0 saturated carbocycles. The molecule has 1 aromatic carbocycles. The highest BCUT2D eigenvalue weighted by Crippen LogP contribution is 2.16. The molecule has 0 spiro atoms. The number of carbonyl (C=O) groups excluding carboxylic acids is 2. The third-order valence-corrected chi connectivity index (χ3v) is 4.95. The van der Waals surface area contributed by atoms with Crippen LogP contribution < -0.4 is 11.1 Å². The molecule has 0 unspecified atom stereocenters. The fraction of sp³-hybridized carbons (Fsp3) is 0.500. The van der Waals surface area contributed by atoms with E-state index in [0.29, 0.717) is 50.6 Å². The summed E-state index contributed by atoms with van der Waals surface area (Å²) in [6, 6.07) is 9.85. The molecule has 32 heavy (non-hydrogen) atoms. The molecule has 3 rings (SSSR count). The van der Waals surface area contributed by atoms with Crippen LogP contribution in [0.4, 0.5) is 0 Å². The number of aliphatic carboxylic acids is 1. The average Bonchev–Trinajstić information content (AvgIpc) is 3.06. The molecule has 1 fully saturated rings. The van der Waals surface area contributed by atoms with Gasteiger partial charge in [0.1, 0.15) is 0 Å². The molecule has 2 heterocycles. The summed E-state index contributed by atoms with van der Waals surface area (Å²) in [6.45, 7) is 3.92. The molecular formula is C22H31N5O5. The highest BCUT2D eigenvalue weighted by Gasteiger charge is 2.28. The maximum absolute atomic E-state index is 12.5. The van der Waals surface area contributed by atoms with Gasteiger partial charge in [-0.05, 0) is 18.4 Å². The maximum Gasteiger partial charge on any atom is 0.300 e. The molecule has 2 aromatic rings. The van der Waals surface area contributed by atoms with Gasteiger partial charge in [0, 0.05) is 52.4 Å². The van der Waals surface area contributed by atoms with Crippen molar-refractivity contribution < 1.29 is 24.0 Å². The van der Waals surface area contributed by atoms with Gasteiger partial charge in [-0.3, -0.25) is 14.4 Å². The number of hydrogen-bond donors (Lipinski definition) is 3. The number of likely N-dealkylation sites (tertiary alicyclic amines) is 1. The van der Waals surface area contributed by atoms with Gasteiger partial charge >= 0.3 is 0 Å². The summed E-state index contributed by atoms with van der Waals surface area (Å²) in [6.07, 6.45) is 2.49. The Morgan fingerprint density at radius 1 is 1.19 bits per heavy atom. The van der Waals surface area contributed by atoms with Crippen LogP contribution in [0.2, 0.25) is 0 Å². The Bertz CT molecular complexity index is 882. The molecule has 10 heteroatoms. The number of nitrogens with one attached hydrogen (secondary N) is 1. The smallest absolute Gasteiger partial charge is 0.300 e. The Morgan fingerprint density at radius 2 is 1.88 bits per heavy atom. The van der Waals surface area contributed by atoms with Crippen molar-refractivity contribution in [3.8, 4) is 0 Å². The molecule has 0 bridgehead atoms. The lowest BCUT2D eigenvalue weighted by Gasteiger charge is -2.23. The van der Waals surface area contributed by atoms with E-state index in [1.165, 1.54) is 6.92 Å². The second kappa shape index (κ2) is 12.6. The van der Waals surface area contributed by atoms with Crippen molar-refractivity contribution in [2.75, 3.05) is 19.6 Å². The van der Waals surface area contributed by atoms with Crippen LogP contribution in [0.15, 0.2) is 34.9 Å². The minimum atomic E-state index is -0.833. The van der Waals surface area contributed by atoms with Crippen LogP contribution in [0.3, 0.4) is 0 Å². The normalized spacial score (nSPS) is 18.2. The van der Waals surface area contributed by atoms with Crippen molar-refractivity contribution in [3.05, 3.63) is 47.6 Å². The first-order valence-electron chi connectivity index (χ1n) is 10.6. The predicted octanol–water partition coefficient (Wildman–Crippen LogP) is 0.996. The number of carboxylic acids is 1. The molecule has 0 aliphatic carbocycles. The van der Waals surface area contributed by atoms with Gasteiger partial charge in [0.25, 0.3) is 5.97 Å². The van der Waals surface area contributed by atoms with Gasteiger partial charge in [-0.25, -0.2) is 0 Å². The summed E-state index contributed by atoms with van der Waals surface area (Å²) < 4.78 is 5.26. The van der Waals surface area contributed by atoms with Crippen LogP contribution in [0.25, 0.3) is 0 Å². The summed E-state index contributed by atoms with van der Waals surface area (Å²) in [4.78, 5) is 39.3. The molecular weight excluding hydrogens is 414 g/mol. The number of benzene rings is 1. The number of nitrogens with two attached hydrogens (primary N) is 1. The number of hydrogen-bond acceptors (Lipinski definition) is 7. The number of rotatable bonds is 6. The first-order valence-corrected chi connectivity index (χ1v) is 10.6. The van der Waals surface area contributed by atoms with E-state index in [0.717, 1.165) is 18.9 Å². The van der Waals surface area contributed by atoms with Gasteiger partial charge in [0.05, 0.1) is 5.92 Å². The molecule has 0 radical (unpaired) electrons. The van der Waals surface area contributed by atoms with E-state index in [-0.39, 0.29) is 23.8 Å².